The van der Waals surface area contributed by atoms with Gasteiger partial charge in [0.15, 0.2) is 16.1 Å². The number of aromatic nitrogens is 1. The molecule has 0 aliphatic carbocycles. The maximum Gasteiger partial charge on any atom is 0.350 e. The van der Waals surface area contributed by atoms with Gasteiger partial charge in [-0.15, -0.1) is 0 Å². The van der Waals surface area contributed by atoms with Crippen LogP contribution in [0, 0.1) is 13.8 Å². The van der Waals surface area contributed by atoms with Crippen LogP contribution >= 0.6 is 22.9 Å². The molecule has 2 amide bonds. The molecule has 220 valence electrons. The number of esters is 1. The zero-order chi connectivity index (χ0) is 30.9. The van der Waals surface area contributed by atoms with E-state index >= 15 is 4.79 Å². The highest BCUT2D eigenvalue weighted by Crippen LogP contribution is 2.55. The Morgan fingerprint density at radius 3 is 2.55 bits per heavy atom. The largest absolute Gasteiger partial charge is 0.462 e. The molecule has 2 aromatic heterocycles. The molecule has 9 nitrogen and oxygen atoms in total. The lowest BCUT2D eigenvalue weighted by Crippen LogP contribution is -2.53. The third-order valence-corrected chi connectivity index (χ3v) is 9.35. The second-order valence-corrected chi connectivity index (χ2v) is 12.1. The zero-order valence-corrected chi connectivity index (χ0v) is 25.4. The molecule has 11 heteroatoms. The Morgan fingerprint density at radius 2 is 1.80 bits per heavy atom. The number of anilines is 2. The van der Waals surface area contributed by atoms with E-state index in [2.05, 4.69) is 4.98 Å². The van der Waals surface area contributed by atoms with Crippen molar-refractivity contribution in [1.82, 2.24) is 4.98 Å². The van der Waals surface area contributed by atoms with Gasteiger partial charge in [0.2, 0.25) is 5.76 Å². The Morgan fingerprint density at radius 1 is 1.05 bits per heavy atom. The van der Waals surface area contributed by atoms with E-state index in [-0.39, 0.29) is 45.5 Å². The van der Waals surface area contributed by atoms with Crippen molar-refractivity contribution < 1.29 is 23.5 Å². The fourth-order valence-electron chi connectivity index (χ4n) is 6.07. The van der Waals surface area contributed by atoms with Gasteiger partial charge >= 0.3 is 5.97 Å². The highest BCUT2D eigenvalue weighted by Gasteiger charge is 2.66. The lowest BCUT2D eigenvalue weighted by molar-refractivity contribution is -0.121. The standard InChI is InChI=1S/C33H24ClN3O6S/c1-4-42-30(40)28-18(3)35-32(44-28)37-29(39)27-25(26(38)21-15-17(2)9-14-24(21)43-27)33(37)22-7-5-6-8-23(22)36(31(33)41)16-19-10-12-20(34)13-11-19/h5-15H,4,16H2,1-3H3. The van der Waals surface area contributed by atoms with Crippen LogP contribution in [-0.2, 0) is 21.6 Å². The summed E-state index contributed by atoms with van der Waals surface area (Å²) < 4.78 is 11.4. The number of hydrogen-bond donors (Lipinski definition) is 0. The Hall–Kier alpha value is -4.80. The molecule has 0 bridgehead atoms. The fraction of sp³-hybridized carbons (Fsp3) is 0.182. The number of aryl methyl sites for hydroxylation is 2. The number of carbonyl (C=O) groups excluding carboxylic acids is 3. The van der Waals surface area contributed by atoms with Crippen LogP contribution in [0.15, 0.2) is 75.9 Å². The summed E-state index contributed by atoms with van der Waals surface area (Å²) in [6, 6.07) is 19.3. The van der Waals surface area contributed by atoms with E-state index in [1.165, 1.54) is 4.90 Å². The SMILES string of the molecule is CCOC(=O)c1sc(N2C(=O)c3oc4ccc(C)cc4c(=O)c3C23C(=O)N(Cc2ccc(Cl)cc2)c2ccccc23)nc1C. The number of amides is 2. The van der Waals surface area contributed by atoms with Gasteiger partial charge in [0.25, 0.3) is 11.8 Å². The fourth-order valence-corrected chi connectivity index (χ4v) is 7.21. The van der Waals surface area contributed by atoms with E-state index in [1.54, 1.807) is 73.3 Å². The second-order valence-electron chi connectivity index (χ2n) is 10.7. The first-order valence-corrected chi connectivity index (χ1v) is 15.1. The molecule has 0 saturated carbocycles. The minimum Gasteiger partial charge on any atom is -0.462 e. The molecule has 44 heavy (non-hydrogen) atoms. The van der Waals surface area contributed by atoms with Crippen LogP contribution in [0.2, 0.25) is 5.02 Å². The van der Waals surface area contributed by atoms with E-state index in [0.717, 1.165) is 22.5 Å². The van der Waals surface area contributed by atoms with Crippen molar-refractivity contribution >= 4 is 62.5 Å². The third kappa shape index (κ3) is 3.87. The van der Waals surface area contributed by atoms with E-state index in [9.17, 15) is 14.4 Å². The van der Waals surface area contributed by atoms with Crippen molar-refractivity contribution in [2.75, 3.05) is 16.4 Å². The average molecular weight is 626 g/mol. The molecule has 1 atom stereocenters. The van der Waals surface area contributed by atoms with Gasteiger partial charge in [-0.05, 0) is 56.7 Å². The van der Waals surface area contributed by atoms with Crippen LogP contribution in [0.4, 0.5) is 10.8 Å². The molecule has 0 saturated heterocycles. The summed E-state index contributed by atoms with van der Waals surface area (Å²) in [7, 11) is 0. The predicted octanol–water partition coefficient (Wildman–Crippen LogP) is 6.15. The molecule has 2 aliphatic heterocycles. The second kappa shape index (κ2) is 10.1. The van der Waals surface area contributed by atoms with Crippen molar-refractivity contribution in [2.24, 2.45) is 0 Å². The van der Waals surface area contributed by atoms with Crippen LogP contribution in [0.3, 0.4) is 0 Å². The monoisotopic (exact) mass is 625 g/mol. The number of rotatable bonds is 5. The van der Waals surface area contributed by atoms with Crippen molar-refractivity contribution in [3.05, 3.63) is 121 Å². The van der Waals surface area contributed by atoms with Gasteiger partial charge in [0, 0.05) is 10.6 Å². The Kier molecular flexibility index (Phi) is 6.45. The number of para-hydroxylation sites is 1. The van der Waals surface area contributed by atoms with Gasteiger partial charge in [-0.3, -0.25) is 19.3 Å². The minimum atomic E-state index is -1.94. The Balaban J connectivity index is 1.53. The summed E-state index contributed by atoms with van der Waals surface area (Å²) in [6.45, 7) is 5.47. The van der Waals surface area contributed by atoms with Gasteiger partial charge in [0.05, 0.1) is 35.5 Å². The van der Waals surface area contributed by atoms with Crippen molar-refractivity contribution in [2.45, 2.75) is 32.9 Å². The Bertz CT molecular complexity index is 2100. The third-order valence-electron chi connectivity index (χ3n) is 7.97. The van der Waals surface area contributed by atoms with Crippen LogP contribution in [0.1, 0.15) is 55.1 Å². The van der Waals surface area contributed by atoms with E-state index in [0.29, 0.717) is 22.0 Å². The number of halogens is 1. The Labute approximate surface area is 260 Å². The number of benzene rings is 3. The predicted molar refractivity (Wildman–Crippen MR) is 167 cm³/mol. The molecule has 0 fully saturated rings. The van der Waals surface area contributed by atoms with Gasteiger partial charge in [-0.1, -0.05) is 64.9 Å². The smallest absolute Gasteiger partial charge is 0.350 e. The summed E-state index contributed by atoms with van der Waals surface area (Å²) in [4.78, 5) is 64.3. The summed E-state index contributed by atoms with van der Waals surface area (Å²) >= 11 is 7.05. The van der Waals surface area contributed by atoms with Gasteiger partial charge in [-0.2, -0.15) is 0 Å². The number of fused-ring (bicyclic) bond motifs is 5. The van der Waals surface area contributed by atoms with Gasteiger partial charge < -0.3 is 14.1 Å². The highest BCUT2D eigenvalue weighted by molar-refractivity contribution is 7.17. The molecule has 0 radical (unpaired) electrons. The molecule has 5 aromatic rings. The number of ether oxygens (including phenoxy) is 1. The maximum absolute atomic E-state index is 15.0. The van der Waals surface area contributed by atoms with Crippen LogP contribution in [0.25, 0.3) is 11.0 Å². The van der Waals surface area contributed by atoms with Crippen molar-refractivity contribution in [1.29, 1.82) is 0 Å². The number of thiazole rings is 1. The molecule has 2 aliphatic rings. The molecular formula is C33H24ClN3O6S. The lowest BCUT2D eigenvalue weighted by atomic mass is 9.84. The average Bonchev–Trinajstić information content (AvgIpc) is 3.59. The first kappa shape index (κ1) is 28.0. The van der Waals surface area contributed by atoms with Gasteiger partial charge in [-0.25, -0.2) is 9.78 Å². The summed E-state index contributed by atoms with van der Waals surface area (Å²) in [6.07, 6.45) is 0. The van der Waals surface area contributed by atoms with Gasteiger partial charge in [0.1, 0.15) is 10.5 Å². The lowest BCUT2D eigenvalue weighted by Gasteiger charge is -2.32. The van der Waals surface area contributed by atoms with Crippen LogP contribution in [0.5, 0.6) is 0 Å². The van der Waals surface area contributed by atoms with Crippen molar-refractivity contribution in [3.63, 3.8) is 0 Å². The van der Waals surface area contributed by atoms with E-state index in [1.807, 2.05) is 19.1 Å². The topological polar surface area (TPSA) is 110 Å². The van der Waals surface area contributed by atoms with Crippen LogP contribution in [-0.4, -0.2) is 29.4 Å². The molecule has 4 heterocycles. The summed E-state index contributed by atoms with van der Waals surface area (Å²) in [5, 5.41) is 0.871. The molecule has 1 unspecified atom stereocenters. The first-order valence-electron chi connectivity index (χ1n) is 13.9. The molecule has 1 spiro atoms. The van der Waals surface area contributed by atoms with Crippen molar-refractivity contribution in [3.8, 4) is 0 Å². The number of carbonyl (C=O) groups is 3. The summed E-state index contributed by atoms with van der Waals surface area (Å²) in [5.74, 6) is -2.07. The molecule has 7 rings (SSSR count). The molecular weight excluding hydrogens is 602 g/mol. The van der Waals surface area contributed by atoms with E-state index in [4.69, 9.17) is 20.8 Å². The molecule has 0 N–H and O–H groups in total. The normalized spacial score (nSPS) is 17.1. The number of hydrogen-bond acceptors (Lipinski definition) is 8. The van der Waals surface area contributed by atoms with Crippen LogP contribution < -0.4 is 15.2 Å². The minimum absolute atomic E-state index is 0.0677. The molecule has 3 aromatic carbocycles. The summed E-state index contributed by atoms with van der Waals surface area (Å²) in [5.41, 5.74) is 0.612. The first-order chi connectivity index (χ1) is 21.2. The maximum atomic E-state index is 15.0. The quantitative estimate of drug-likeness (QED) is 0.216. The zero-order valence-electron chi connectivity index (χ0n) is 23.8. The number of nitrogens with zero attached hydrogens (tertiary/aromatic N) is 3. The highest BCUT2D eigenvalue weighted by atomic mass is 35.5. The van der Waals surface area contributed by atoms with E-state index < -0.39 is 28.8 Å².